The van der Waals surface area contributed by atoms with E-state index in [1.54, 1.807) is 0 Å². The van der Waals surface area contributed by atoms with Crippen LogP contribution < -0.4 is 5.32 Å². The lowest BCUT2D eigenvalue weighted by Crippen LogP contribution is -2.49. The maximum Gasteiger partial charge on any atom is 0.0192 e. The molecule has 0 bridgehead atoms. The summed E-state index contributed by atoms with van der Waals surface area (Å²) in [7, 11) is 0. The first-order chi connectivity index (χ1) is 8.25. The highest BCUT2D eigenvalue weighted by Crippen LogP contribution is 2.13. The largest absolute Gasteiger partial charge is 0.314 e. The molecule has 0 aliphatic carbocycles. The van der Waals surface area contributed by atoms with Gasteiger partial charge in [0, 0.05) is 30.1 Å². The number of rotatable bonds is 4. The van der Waals surface area contributed by atoms with Crippen LogP contribution in [0, 0.1) is 0 Å². The predicted molar refractivity (Wildman–Crippen MR) is 76.4 cm³/mol. The first-order valence-electron chi connectivity index (χ1n) is 6.45. The Bertz CT molecular complexity index is 354. The Labute approximate surface area is 113 Å². The number of aryl methyl sites for hydroxylation is 1. The molecule has 3 heteroatoms. The zero-order chi connectivity index (χ0) is 12.1. The lowest BCUT2D eigenvalue weighted by Gasteiger charge is -2.33. The monoisotopic (exact) mass is 296 g/mol. The molecule has 1 N–H and O–H groups in total. The van der Waals surface area contributed by atoms with E-state index >= 15 is 0 Å². The molecule has 0 saturated carbocycles. The molecule has 94 valence electrons. The van der Waals surface area contributed by atoms with E-state index in [1.165, 1.54) is 36.0 Å². The minimum absolute atomic E-state index is 0.686. The number of nitrogens with zero attached hydrogens (tertiary/aromatic N) is 1. The Morgan fingerprint density at radius 1 is 1.47 bits per heavy atom. The summed E-state index contributed by atoms with van der Waals surface area (Å²) >= 11 is 3.52. The molecule has 0 amide bonds. The zero-order valence-electron chi connectivity index (χ0n) is 10.5. The van der Waals surface area contributed by atoms with Gasteiger partial charge in [-0.3, -0.25) is 4.90 Å². The fourth-order valence-electron chi connectivity index (χ4n) is 2.39. The lowest BCUT2D eigenvalue weighted by atomic mass is 10.1. The van der Waals surface area contributed by atoms with Crippen LogP contribution in [0.15, 0.2) is 28.7 Å². The van der Waals surface area contributed by atoms with E-state index in [-0.39, 0.29) is 0 Å². The molecule has 1 aliphatic rings. The summed E-state index contributed by atoms with van der Waals surface area (Å²) in [5.41, 5.74) is 1.43. The minimum Gasteiger partial charge on any atom is -0.314 e. The van der Waals surface area contributed by atoms with Crippen LogP contribution in [0.1, 0.15) is 18.9 Å². The maximum absolute atomic E-state index is 3.52. The van der Waals surface area contributed by atoms with Crippen molar-refractivity contribution in [2.45, 2.75) is 25.8 Å². The number of benzene rings is 1. The molecular formula is C14H21BrN2. The SMILES string of the molecule is CC1CNCCN1CCCc1cccc(Br)c1. The quantitative estimate of drug-likeness (QED) is 0.919. The summed E-state index contributed by atoms with van der Waals surface area (Å²) in [5.74, 6) is 0. The normalized spacial score (nSPS) is 21.6. The van der Waals surface area contributed by atoms with Crippen LogP contribution in [0.4, 0.5) is 0 Å². The Hall–Kier alpha value is -0.380. The highest BCUT2D eigenvalue weighted by molar-refractivity contribution is 9.10. The molecular weight excluding hydrogens is 276 g/mol. The summed E-state index contributed by atoms with van der Waals surface area (Å²) in [6.07, 6.45) is 2.43. The standard InChI is InChI=1S/C14H21BrN2/c1-12-11-16-7-9-17(12)8-3-5-13-4-2-6-14(15)10-13/h2,4,6,10,12,16H,3,5,7-9,11H2,1H3. The summed E-state index contributed by atoms with van der Waals surface area (Å²) in [6.45, 7) is 7.00. The van der Waals surface area contributed by atoms with Crippen LogP contribution in [0.2, 0.25) is 0 Å². The Morgan fingerprint density at radius 2 is 2.35 bits per heavy atom. The van der Waals surface area contributed by atoms with Gasteiger partial charge >= 0.3 is 0 Å². The van der Waals surface area contributed by atoms with Crippen molar-refractivity contribution in [3.63, 3.8) is 0 Å². The Kier molecular flexibility index (Phi) is 5.01. The molecule has 0 aromatic heterocycles. The second-order valence-corrected chi connectivity index (χ2v) is 5.74. The lowest BCUT2D eigenvalue weighted by molar-refractivity contribution is 0.172. The third-order valence-corrected chi connectivity index (χ3v) is 3.93. The topological polar surface area (TPSA) is 15.3 Å². The van der Waals surface area contributed by atoms with Crippen molar-refractivity contribution in [3.8, 4) is 0 Å². The first-order valence-corrected chi connectivity index (χ1v) is 7.24. The van der Waals surface area contributed by atoms with Crippen LogP contribution in [-0.4, -0.2) is 37.1 Å². The fourth-order valence-corrected chi connectivity index (χ4v) is 2.84. The van der Waals surface area contributed by atoms with Crippen molar-refractivity contribution in [2.75, 3.05) is 26.2 Å². The van der Waals surface area contributed by atoms with E-state index in [4.69, 9.17) is 0 Å². The van der Waals surface area contributed by atoms with Crippen LogP contribution in [0.5, 0.6) is 0 Å². The molecule has 1 aromatic carbocycles. The van der Waals surface area contributed by atoms with Crippen molar-refractivity contribution in [1.82, 2.24) is 10.2 Å². The van der Waals surface area contributed by atoms with E-state index in [9.17, 15) is 0 Å². The van der Waals surface area contributed by atoms with Crippen LogP contribution in [0.3, 0.4) is 0 Å². The number of halogens is 1. The van der Waals surface area contributed by atoms with Crippen molar-refractivity contribution in [3.05, 3.63) is 34.3 Å². The van der Waals surface area contributed by atoms with Gasteiger partial charge in [-0.2, -0.15) is 0 Å². The molecule has 1 aliphatic heterocycles. The van der Waals surface area contributed by atoms with Gasteiger partial charge in [-0.05, 0) is 44.0 Å². The van der Waals surface area contributed by atoms with Gasteiger partial charge < -0.3 is 5.32 Å². The molecule has 0 radical (unpaired) electrons. The van der Waals surface area contributed by atoms with Gasteiger partial charge in [-0.15, -0.1) is 0 Å². The molecule has 1 saturated heterocycles. The van der Waals surface area contributed by atoms with Gasteiger partial charge in [0.05, 0.1) is 0 Å². The van der Waals surface area contributed by atoms with Gasteiger partial charge in [-0.25, -0.2) is 0 Å². The molecule has 0 spiro atoms. The van der Waals surface area contributed by atoms with Crippen molar-refractivity contribution in [1.29, 1.82) is 0 Å². The predicted octanol–water partition coefficient (Wildman–Crippen LogP) is 2.68. The summed E-state index contributed by atoms with van der Waals surface area (Å²) < 4.78 is 1.19. The van der Waals surface area contributed by atoms with Gasteiger partial charge in [0.1, 0.15) is 0 Å². The van der Waals surface area contributed by atoms with Crippen LogP contribution in [-0.2, 0) is 6.42 Å². The van der Waals surface area contributed by atoms with Gasteiger partial charge in [-0.1, -0.05) is 28.1 Å². The number of hydrogen-bond donors (Lipinski definition) is 1. The molecule has 1 fully saturated rings. The maximum atomic E-state index is 3.52. The van der Waals surface area contributed by atoms with Crippen molar-refractivity contribution in [2.24, 2.45) is 0 Å². The molecule has 1 unspecified atom stereocenters. The minimum atomic E-state index is 0.686. The summed E-state index contributed by atoms with van der Waals surface area (Å²) in [6, 6.07) is 9.33. The first kappa shape index (κ1) is 13.1. The van der Waals surface area contributed by atoms with Gasteiger partial charge in [0.15, 0.2) is 0 Å². The average molecular weight is 297 g/mol. The zero-order valence-corrected chi connectivity index (χ0v) is 12.0. The van der Waals surface area contributed by atoms with E-state index < -0.39 is 0 Å². The average Bonchev–Trinajstić information content (AvgIpc) is 2.32. The van der Waals surface area contributed by atoms with Gasteiger partial charge in [0.25, 0.3) is 0 Å². The molecule has 2 nitrogen and oxygen atoms in total. The molecule has 17 heavy (non-hydrogen) atoms. The Morgan fingerprint density at radius 3 is 3.12 bits per heavy atom. The second kappa shape index (κ2) is 6.53. The molecule has 1 atom stereocenters. The van der Waals surface area contributed by atoms with Gasteiger partial charge in [0.2, 0.25) is 0 Å². The van der Waals surface area contributed by atoms with Crippen LogP contribution >= 0.6 is 15.9 Å². The van der Waals surface area contributed by atoms with E-state index in [0.717, 1.165) is 13.1 Å². The Balaban J connectivity index is 1.75. The highest BCUT2D eigenvalue weighted by Gasteiger charge is 2.16. The highest BCUT2D eigenvalue weighted by atomic mass is 79.9. The second-order valence-electron chi connectivity index (χ2n) is 4.82. The van der Waals surface area contributed by atoms with E-state index in [2.05, 4.69) is 57.3 Å². The number of nitrogens with one attached hydrogen (secondary N) is 1. The molecule has 2 rings (SSSR count). The summed E-state index contributed by atoms with van der Waals surface area (Å²) in [4.78, 5) is 2.59. The molecule has 1 aromatic rings. The van der Waals surface area contributed by atoms with E-state index in [0.29, 0.717) is 6.04 Å². The number of piperazine rings is 1. The van der Waals surface area contributed by atoms with Crippen molar-refractivity contribution >= 4 is 15.9 Å². The third kappa shape index (κ3) is 4.09. The van der Waals surface area contributed by atoms with Crippen LogP contribution in [0.25, 0.3) is 0 Å². The smallest absolute Gasteiger partial charge is 0.0192 e. The third-order valence-electron chi connectivity index (χ3n) is 3.44. The van der Waals surface area contributed by atoms with Crippen molar-refractivity contribution < 1.29 is 0 Å². The fraction of sp³-hybridized carbons (Fsp3) is 0.571. The van der Waals surface area contributed by atoms with E-state index in [1.807, 2.05) is 0 Å². The summed E-state index contributed by atoms with van der Waals surface area (Å²) in [5, 5.41) is 3.43. The number of hydrogen-bond acceptors (Lipinski definition) is 2. The molecule has 1 heterocycles.